The van der Waals surface area contributed by atoms with Crippen LogP contribution in [0, 0.1) is 0 Å². The Balaban J connectivity index is 1.89. The maximum Gasteiger partial charge on any atom is 0.0361 e. The number of fused-ring (bicyclic) bond motifs is 1. The van der Waals surface area contributed by atoms with Crippen LogP contribution in [0.25, 0.3) is 10.8 Å². The zero-order chi connectivity index (χ0) is 16.2. The highest BCUT2D eigenvalue weighted by molar-refractivity contribution is 5.85. The Hall–Kier alpha value is -2.32. The van der Waals surface area contributed by atoms with Crippen LogP contribution in [0.4, 0.5) is 5.69 Å². The minimum Gasteiger partial charge on any atom is -0.378 e. The first-order valence-corrected chi connectivity index (χ1v) is 8.13. The maximum absolute atomic E-state index is 6.08. The number of anilines is 1. The van der Waals surface area contributed by atoms with Gasteiger partial charge in [-0.1, -0.05) is 54.6 Å². The number of benzene rings is 3. The van der Waals surface area contributed by atoms with Crippen LogP contribution in [0.3, 0.4) is 0 Å². The minimum atomic E-state index is 0.344. The van der Waals surface area contributed by atoms with E-state index in [-0.39, 0.29) is 0 Å². The molecule has 0 radical (unpaired) electrons. The molecule has 2 nitrogen and oxygen atoms in total. The van der Waals surface area contributed by atoms with E-state index in [0.29, 0.717) is 12.5 Å². The second-order valence-corrected chi connectivity index (χ2v) is 6.26. The molecular formula is C21H24N2. The molecule has 0 aliphatic rings. The van der Waals surface area contributed by atoms with Gasteiger partial charge in [0.1, 0.15) is 0 Å². The second-order valence-electron chi connectivity index (χ2n) is 6.26. The van der Waals surface area contributed by atoms with Crippen molar-refractivity contribution in [3.05, 3.63) is 77.9 Å². The van der Waals surface area contributed by atoms with Crippen LogP contribution in [-0.2, 0) is 6.42 Å². The lowest BCUT2D eigenvalue weighted by Crippen LogP contribution is -2.15. The van der Waals surface area contributed by atoms with Gasteiger partial charge < -0.3 is 10.6 Å². The number of nitrogens with zero attached hydrogens (tertiary/aromatic N) is 1. The second kappa shape index (κ2) is 6.84. The summed E-state index contributed by atoms with van der Waals surface area (Å²) in [4.78, 5) is 2.12. The van der Waals surface area contributed by atoms with Gasteiger partial charge in [0.25, 0.3) is 0 Å². The molecule has 0 aliphatic heterocycles. The van der Waals surface area contributed by atoms with Gasteiger partial charge in [-0.05, 0) is 47.0 Å². The topological polar surface area (TPSA) is 29.3 Å². The molecule has 3 aromatic carbocycles. The Morgan fingerprint density at radius 3 is 2.26 bits per heavy atom. The molecule has 0 aliphatic carbocycles. The predicted molar refractivity (Wildman–Crippen MR) is 100 cm³/mol. The molecule has 0 saturated carbocycles. The zero-order valence-corrected chi connectivity index (χ0v) is 13.9. The van der Waals surface area contributed by atoms with Gasteiger partial charge in [-0.3, -0.25) is 0 Å². The van der Waals surface area contributed by atoms with Crippen molar-refractivity contribution in [1.29, 1.82) is 0 Å². The molecule has 0 aromatic heterocycles. The summed E-state index contributed by atoms with van der Waals surface area (Å²) in [7, 11) is 4.12. The number of rotatable bonds is 5. The summed E-state index contributed by atoms with van der Waals surface area (Å²) in [5.41, 5.74) is 9.98. The maximum atomic E-state index is 6.08. The Kier molecular flexibility index (Phi) is 4.63. The monoisotopic (exact) mass is 304 g/mol. The summed E-state index contributed by atoms with van der Waals surface area (Å²) in [5, 5.41) is 2.63. The van der Waals surface area contributed by atoms with Crippen molar-refractivity contribution in [2.24, 2.45) is 5.73 Å². The van der Waals surface area contributed by atoms with Gasteiger partial charge in [-0.15, -0.1) is 0 Å². The SMILES string of the molecule is CN(C)c1ccc(C(CN)Cc2cccc3ccccc23)cc1. The Bertz CT molecular complexity index is 770. The van der Waals surface area contributed by atoms with Gasteiger partial charge in [-0.25, -0.2) is 0 Å². The zero-order valence-electron chi connectivity index (χ0n) is 13.9. The molecule has 0 saturated heterocycles. The van der Waals surface area contributed by atoms with Crippen LogP contribution in [0.1, 0.15) is 17.0 Å². The average Bonchev–Trinajstić information content (AvgIpc) is 2.60. The quantitative estimate of drug-likeness (QED) is 0.766. The minimum absolute atomic E-state index is 0.344. The highest BCUT2D eigenvalue weighted by Crippen LogP contribution is 2.26. The standard InChI is InChI=1S/C21H24N2/c1-23(2)20-12-10-16(11-13-20)19(15-22)14-18-8-5-7-17-6-3-4-9-21(17)18/h3-13,19H,14-15,22H2,1-2H3. The Morgan fingerprint density at radius 1 is 0.870 bits per heavy atom. The molecule has 2 N–H and O–H groups in total. The van der Waals surface area contributed by atoms with Crippen LogP contribution in [0.15, 0.2) is 66.7 Å². The fourth-order valence-electron chi connectivity index (χ4n) is 3.12. The van der Waals surface area contributed by atoms with Crippen molar-refractivity contribution in [2.75, 3.05) is 25.5 Å². The van der Waals surface area contributed by atoms with Gasteiger partial charge in [0.05, 0.1) is 0 Å². The van der Waals surface area contributed by atoms with E-state index in [0.717, 1.165) is 6.42 Å². The van der Waals surface area contributed by atoms with Gasteiger partial charge in [0.15, 0.2) is 0 Å². The van der Waals surface area contributed by atoms with E-state index in [2.05, 4.69) is 85.7 Å². The largest absolute Gasteiger partial charge is 0.378 e. The number of hydrogen-bond acceptors (Lipinski definition) is 2. The number of hydrogen-bond donors (Lipinski definition) is 1. The third-order valence-electron chi connectivity index (χ3n) is 4.51. The summed E-state index contributed by atoms with van der Waals surface area (Å²) < 4.78 is 0. The normalized spacial score (nSPS) is 12.3. The molecule has 2 heteroatoms. The summed E-state index contributed by atoms with van der Waals surface area (Å²) >= 11 is 0. The van der Waals surface area contributed by atoms with E-state index in [1.54, 1.807) is 0 Å². The first-order chi connectivity index (χ1) is 11.2. The lowest BCUT2D eigenvalue weighted by Gasteiger charge is -2.19. The van der Waals surface area contributed by atoms with Crippen LogP contribution in [0.2, 0.25) is 0 Å². The molecule has 3 rings (SSSR count). The fraction of sp³-hybridized carbons (Fsp3) is 0.238. The summed E-state index contributed by atoms with van der Waals surface area (Å²) in [5.74, 6) is 0.344. The van der Waals surface area contributed by atoms with Crippen molar-refractivity contribution in [3.63, 3.8) is 0 Å². The molecule has 0 heterocycles. The first kappa shape index (κ1) is 15.6. The molecular weight excluding hydrogens is 280 g/mol. The smallest absolute Gasteiger partial charge is 0.0361 e. The molecule has 1 unspecified atom stereocenters. The van der Waals surface area contributed by atoms with Crippen LogP contribution >= 0.6 is 0 Å². The third kappa shape index (κ3) is 3.38. The van der Waals surface area contributed by atoms with Crippen molar-refractivity contribution >= 4 is 16.5 Å². The van der Waals surface area contributed by atoms with Crippen molar-refractivity contribution < 1.29 is 0 Å². The average molecular weight is 304 g/mol. The summed E-state index contributed by atoms with van der Waals surface area (Å²) in [6.45, 7) is 0.657. The summed E-state index contributed by atoms with van der Waals surface area (Å²) in [6.07, 6.45) is 0.971. The third-order valence-corrected chi connectivity index (χ3v) is 4.51. The van der Waals surface area contributed by atoms with Gasteiger partial charge in [0.2, 0.25) is 0 Å². The molecule has 1 atom stereocenters. The molecule has 0 bridgehead atoms. The number of nitrogens with two attached hydrogens (primary N) is 1. The molecule has 0 amide bonds. The van der Waals surface area contributed by atoms with E-state index in [1.807, 2.05) is 0 Å². The van der Waals surface area contributed by atoms with Gasteiger partial charge in [0, 0.05) is 25.7 Å². The molecule has 0 spiro atoms. The van der Waals surface area contributed by atoms with Crippen molar-refractivity contribution in [2.45, 2.75) is 12.3 Å². The van der Waals surface area contributed by atoms with Crippen LogP contribution in [-0.4, -0.2) is 20.6 Å². The van der Waals surface area contributed by atoms with Crippen molar-refractivity contribution in [3.8, 4) is 0 Å². The molecule has 3 aromatic rings. The van der Waals surface area contributed by atoms with Gasteiger partial charge in [-0.2, -0.15) is 0 Å². The molecule has 118 valence electrons. The highest BCUT2D eigenvalue weighted by Gasteiger charge is 2.12. The van der Waals surface area contributed by atoms with Crippen LogP contribution in [0.5, 0.6) is 0 Å². The van der Waals surface area contributed by atoms with E-state index in [4.69, 9.17) is 5.73 Å². The highest BCUT2D eigenvalue weighted by atomic mass is 15.1. The Labute approximate surface area is 138 Å². The predicted octanol–water partition coefficient (Wildman–Crippen LogP) is 4.19. The molecule has 0 fully saturated rings. The van der Waals surface area contributed by atoms with Gasteiger partial charge >= 0.3 is 0 Å². The lowest BCUT2D eigenvalue weighted by molar-refractivity contribution is 0.697. The fourth-order valence-corrected chi connectivity index (χ4v) is 3.12. The van der Waals surface area contributed by atoms with Crippen molar-refractivity contribution in [1.82, 2.24) is 0 Å². The van der Waals surface area contributed by atoms with Crippen LogP contribution < -0.4 is 10.6 Å². The first-order valence-electron chi connectivity index (χ1n) is 8.13. The van der Waals surface area contributed by atoms with E-state index < -0.39 is 0 Å². The lowest BCUT2D eigenvalue weighted by atomic mass is 9.89. The van der Waals surface area contributed by atoms with E-state index in [9.17, 15) is 0 Å². The van der Waals surface area contributed by atoms with E-state index in [1.165, 1.54) is 27.6 Å². The Morgan fingerprint density at radius 2 is 1.57 bits per heavy atom. The molecule has 23 heavy (non-hydrogen) atoms. The summed E-state index contributed by atoms with van der Waals surface area (Å²) in [6, 6.07) is 23.8. The van der Waals surface area contributed by atoms with E-state index >= 15 is 0 Å².